The zero-order valence-electron chi connectivity index (χ0n) is 35.0. The van der Waals surface area contributed by atoms with Crippen LogP contribution in [0.4, 0.5) is 4.39 Å². The number of carbonyl (C=O) groups excluding carboxylic acids is 3. The van der Waals surface area contributed by atoms with Crippen LogP contribution in [0.1, 0.15) is 76.0 Å². The summed E-state index contributed by atoms with van der Waals surface area (Å²) in [5, 5.41) is 8.90. The van der Waals surface area contributed by atoms with Crippen molar-refractivity contribution in [1.82, 2.24) is 37.8 Å². The second kappa shape index (κ2) is 16.6. The molecule has 3 aromatic carbocycles. The average molecular weight is 814 g/mol. The topological polar surface area (TPSA) is 167 Å². The number of ether oxygens (including phenoxy) is 1. The largest absolute Gasteiger partial charge is 0.487 e. The van der Waals surface area contributed by atoms with Gasteiger partial charge in [-0.15, -0.1) is 0 Å². The Morgan fingerprint density at radius 1 is 0.717 bits per heavy atom. The van der Waals surface area contributed by atoms with E-state index in [1.165, 1.54) is 12.1 Å². The van der Waals surface area contributed by atoms with Crippen molar-refractivity contribution in [2.75, 3.05) is 0 Å². The lowest BCUT2D eigenvalue weighted by atomic mass is 10.1. The SMILES string of the molecule is CCn1nc(C)cc1C(=O)N=c1n(C)c2ccccc2n1C/C(C)=C(\C)Cn1c(=NC(=O)c2cc(C)nn2CC)n(C)c2cc(C(N)=O)cc(OCc3cccc(F)c3)c21. The Hall–Kier alpha value is -7.10. The predicted molar refractivity (Wildman–Crippen MR) is 225 cm³/mol. The Bertz CT molecular complexity index is 3020. The fraction of sp³-hybridized carbons (Fsp3) is 0.295. The third kappa shape index (κ3) is 7.87. The number of allylic oxidation sites excluding steroid dienone is 2. The van der Waals surface area contributed by atoms with Gasteiger partial charge in [0.2, 0.25) is 17.1 Å². The molecular formula is C44H48FN11O4. The minimum atomic E-state index is -0.676. The molecule has 2 N–H and O–H groups in total. The number of para-hydroxylation sites is 2. The number of aryl methyl sites for hydroxylation is 6. The number of hydrogen-bond donors (Lipinski definition) is 1. The summed E-state index contributed by atoms with van der Waals surface area (Å²) in [6, 6.07) is 20.6. The average Bonchev–Trinajstić information content (AvgIpc) is 3.95. The Morgan fingerprint density at radius 3 is 1.83 bits per heavy atom. The van der Waals surface area contributed by atoms with Crippen molar-refractivity contribution in [3.05, 3.63) is 135 Å². The van der Waals surface area contributed by atoms with Gasteiger partial charge < -0.3 is 28.7 Å². The van der Waals surface area contributed by atoms with Crippen LogP contribution in [0.5, 0.6) is 5.75 Å². The number of imidazole rings is 2. The molecule has 16 heteroatoms. The molecule has 3 amide bonds. The van der Waals surface area contributed by atoms with Gasteiger partial charge in [-0.3, -0.25) is 23.7 Å². The number of aromatic nitrogens is 8. The van der Waals surface area contributed by atoms with Crippen molar-refractivity contribution in [1.29, 1.82) is 0 Å². The highest BCUT2D eigenvalue weighted by atomic mass is 19.1. The van der Waals surface area contributed by atoms with E-state index in [0.717, 1.165) is 27.9 Å². The summed E-state index contributed by atoms with van der Waals surface area (Å²) in [6.45, 7) is 13.1. The van der Waals surface area contributed by atoms with Crippen LogP contribution in [-0.2, 0) is 46.9 Å². The summed E-state index contributed by atoms with van der Waals surface area (Å²) in [4.78, 5) is 49.7. The lowest BCUT2D eigenvalue weighted by Crippen LogP contribution is -2.28. The summed E-state index contributed by atoms with van der Waals surface area (Å²) in [6.07, 6.45) is 0. The van der Waals surface area contributed by atoms with E-state index < -0.39 is 23.5 Å². The number of amides is 3. The Labute approximate surface area is 345 Å². The van der Waals surface area contributed by atoms with E-state index in [0.29, 0.717) is 64.7 Å². The predicted octanol–water partition coefficient (Wildman–Crippen LogP) is 5.66. The van der Waals surface area contributed by atoms with Gasteiger partial charge in [0, 0.05) is 45.8 Å². The number of primary amides is 1. The lowest BCUT2D eigenvalue weighted by molar-refractivity contribution is 0.0977. The third-order valence-corrected chi connectivity index (χ3v) is 10.6. The van der Waals surface area contributed by atoms with Crippen LogP contribution in [0, 0.1) is 19.7 Å². The van der Waals surface area contributed by atoms with Crippen molar-refractivity contribution in [2.24, 2.45) is 29.8 Å². The fourth-order valence-electron chi connectivity index (χ4n) is 7.46. The number of rotatable bonds is 12. The first-order valence-electron chi connectivity index (χ1n) is 19.7. The molecule has 7 aromatic rings. The molecular weight excluding hydrogens is 766 g/mol. The Balaban J connectivity index is 1.39. The van der Waals surface area contributed by atoms with Gasteiger partial charge in [-0.1, -0.05) is 35.4 Å². The third-order valence-electron chi connectivity index (χ3n) is 10.6. The molecule has 0 radical (unpaired) electrons. The van der Waals surface area contributed by atoms with Crippen LogP contribution >= 0.6 is 0 Å². The van der Waals surface area contributed by atoms with Crippen LogP contribution in [0.25, 0.3) is 22.1 Å². The quantitative estimate of drug-likeness (QED) is 0.156. The molecule has 7 rings (SSSR count). The van der Waals surface area contributed by atoms with Crippen LogP contribution in [-0.4, -0.2) is 55.6 Å². The van der Waals surface area contributed by atoms with Crippen molar-refractivity contribution < 1.29 is 23.5 Å². The molecule has 0 aliphatic carbocycles. The molecule has 0 unspecified atom stereocenters. The summed E-state index contributed by atoms with van der Waals surface area (Å²) in [5.74, 6) is -1.70. The molecule has 0 spiro atoms. The first kappa shape index (κ1) is 41.1. The normalized spacial score (nSPS) is 12.8. The summed E-state index contributed by atoms with van der Waals surface area (Å²) >= 11 is 0. The summed E-state index contributed by atoms with van der Waals surface area (Å²) in [5.41, 5.74) is 14.2. The van der Waals surface area contributed by atoms with Gasteiger partial charge in [-0.05, 0) is 95.6 Å². The van der Waals surface area contributed by atoms with Gasteiger partial charge in [0.1, 0.15) is 35.1 Å². The molecule has 60 heavy (non-hydrogen) atoms. The molecule has 4 heterocycles. The number of fused-ring (bicyclic) bond motifs is 2. The molecule has 0 bridgehead atoms. The standard InChI is InChI=1S/C44H48FN11O4/c1-9-55-36(18-28(5)49-55)41(58)47-43-51(7)33-16-11-12-17-34(33)53(43)23-26(3)27(4)24-54-39-35(52(8)44(54)48-42(59)37-19-29(6)50-56(37)10-2)21-31(40(46)57)22-38(39)60-25-30-14-13-15-32(45)20-30/h11-22H,9-10,23-25H2,1-8H3,(H2,46,57)/b27-26+,47-43?,48-44?. The lowest BCUT2D eigenvalue weighted by Gasteiger charge is -2.15. The van der Waals surface area contributed by atoms with E-state index in [2.05, 4.69) is 20.2 Å². The molecule has 4 aromatic heterocycles. The molecule has 15 nitrogen and oxygen atoms in total. The van der Waals surface area contributed by atoms with E-state index in [4.69, 9.17) is 10.5 Å². The van der Waals surface area contributed by atoms with Gasteiger partial charge in [-0.25, -0.2) is 4.39 Å². The van der Waals surface area contributed by atoms with E-state index in [-0.39, 0.29) is 24.3 Å². The number of nitrogens with zero attached hydrogens (tertiary/aromatic N) is 10. The summed E-state index contributed by atoms with van der Waals surface area (Å²) in [7, 11) is 3.64. The summed E-state index contributed by atoms with van der Waals surface area (Å²) < 4.78 is 31.3. The molecule has 0 saturated heterocycles. The van der Waals surface area contributed by atoms with Crippen LogP contribution in [0.15, 0.2) is 93.9 Å². The van der Waals surface area contributed by atoms with Gasteiger partial charge in [0.05, 0.1) is 27.9 Å². The highest BCUT2D eigenvalue weighted by Crippen LogP contribution is 2.29. The molecule has 0 aliphatic heterocycles. The van der Waals surface area contributed by atoms with Gasteiger partial charge in [0.15, 0.2) is 0 Å². The smallest absolute Gasteiger partial charge is 0.298 e. The van der Waals surface area contributed by atoms with E-state index in [9.17, 15) is 18.8 Å². The van der Waals surface area contributed by atoms with Gasteiger partial charge in [0.25, 0.3) is 11.8 Å². The number of hydrogen-bond acceptors (Lipinski definition) is 6. The van der Waals surface area contributed by atoms with E-state index in [1.54, 1.807) is 57.4 Å². The number of nitrogens with two attached hydrogens (primary N) is 1. The molecule has 0 fully saturated rings. The maximum atomic E-state index is 14.2. The number of halogens is 1. The molecule has 0 atom stereocenters. The van der Waals surface area contributed by atoms with Crippen LogP contribution in [0.3, 0.4) is 0 Å². The minimum absolute atomic E-state index is 0.0144. The van der Waals surface area contributed by atoms with Crippen molar-refractivity contribution >= 4 is 39.8 Å². The monoisotopic (exact) mass is 813 g/mol. The van der Waals surface area contributed by atoms with Crippen molar-refractivity contribution in [3.63, 3.8) is 0 Å². The first-order valence-corrected chi connectivity index (χ1v) is 19.7. The first-order chi connectivity index (χ1) is 28.7. The maximum absolute atomic E-state index is 14.2. The van der Waals surface area contributed by atoms with Crippen LogP contribution < -0.4 is 21.7 Å². The van der Waals surface area contributed by atoms with Gasteiger partial charge in [-0.2, -0.15) is 20.2 Å². The maximum Gasteiger partial charge on any atom is 0.298 e. The second-order valence-electron chi connectivity index (χ2n) is 14.9. The van der Waals surface area contributed by atoms with Crippen molar-refractivity contribution in [3.8, 4) is 5.75 Å². The fourth-order valence-corrected chi connectivity index (χ4v) is 7.46. The highest BCUT2D eigenvalue weighted by molar-refractivity contribution is 5.99. The number of carbonyl (C=O) groups is 3. The molecule has 0 saturated carbocycles. The van der Waals surface area contributed by atoms with E-state index in [1.807, 2.05) is 86.6 Å². The second-order valence-corrected chi connectivity index (χ2v) is 14.9. The molecule has 0 aliphatic rings. The van der Waals surface area contributed by atoms with Crippen molar-refractivity contribution in [2.45, 2.75) is 74.3 Å². The minimum Gasteiger partial charge on any atom is -0.487 e. The zero-order valence-corrected chi connectivity index (χ0v) is 35.0. The van der Waals surface area contributed by atoms with E-state index >= 15 is 0 Å². The van der Waals surface area contributed by atoms with Gasteiger partial charge >= 0.3 is 0 Å². The molecule has 310 valence electrons. The Kier molecular flexibility index (Phi) is 11.4. The zero-order chi connectivity index (χ0) is 43.0. The highest BCUT2D eigenvalue weighted by Gasteiger charge is 2.22. The van der Waals surface area contributed by atoms with Crippen LogP contribution in [0.2, 0.25) is 0 Å². The Morgan fingerprint density at radius 2 is 1.27 bits per heavy atom. The number of benzene rings is 3.